The Kier molecular flexibility index (Phi) is 14.1. The third-order valence-electron chi connectivity index (χ3n) is 2.32. The van der Waals surface area contributed by atoms with Crippen LogP contribution in [0.2, 0.25) is 0 Å². The van der Waals surface area contributed by atoms with Gasteiger partial charge in [-0.2, -0.15) is 0 Å². The minimum atomic E-state index is -3.46. The van der Waals surface area contributed by atoms with Crippen molar-refractivity contribution in [3.05, 3.63) is 30.1 Å². The van der Waals surface area contributed by atoms with E-state index in [0.29, 0.717) is 0 Å². The van der Waals surface area contributed by atoms with Gasteiger partial charge in [-0.1, -0.05) is 6.07 Å². The molecule has 0 aliphatic heterocycles. The Morgan fingerprint density at radius 1 is 1.08 bits per heavy atom. The molecule has 1 aromatic rings. The molecule has 13 heteroatoms. The van der Waals surface area contributed by atoms with Crippen LogP contribution >= 0.6 is 0 Å². The predicted molar refractivity (Wildman–Crippen MR) is 59.2 cm³/mol. The van der Waals surface area contributed by atoms with E-state index < -0.39 is 42.0 Å². The smallest absolute Gasteiger partial charge is 0.550 e. The Bertz CT molecular complexity index is 597. The van der Waals surface area contributed by atoms with Crippen LogP contribution in [0.25, 0.3) is 0 Å². The molecule has 25 heavy (non-hydrogen) atoms. The molecule has 0 aromatic carbocycles. The van der Waals surface area contributed by atoms with Crippen molar-refractivity contribution >= 4 is 23.9 Å². The molecule has 1 heterocycles. The van der Waals surface area contributed by atoms with Crippen molar-refractivity contribution in [1.29, 1.82) is 0 Å². The van der Waals surface area contributed by atoms with Crippen molar-refractivity contribution in [2.75, 3.05) is 0 Å². The molecule has 2 unspecified atom stereocenters. The molecule has 0 radical (unpaired) electrons. The third kappa shape index (κ3) is 9.30. The standard InChI is InChI=1S/C6H5NO2.C6H8O8.2Zn/c8-6(9)5-3-1-2-4-7-5;7-2(8)1-6(14,5(12)13)3(9)4(10)11;;/h1-4H,(H,8,9);3,9,14H,1H2,(H,7,8)(H,10,11)(H,12,13);;/q;;2*+2/p-4. The van der Waals surface area contributed by atoms with Gasteiger partial charge in [0, 0.05) is 18.6 Å². The second kappa shape index (κ2) is 12.5. The number of hydrogen-bond acceptors (Lipinski definition) is 11. The molecule has 11 nitrogen and oxygen atoms in total. The summed E-state index contributed by atoms with van der Waals surface area (Å²) in [4.78, 5) is 43.7. The van der Waals surface area contributed by atoms with E-state index in [1.807, 2.05) is 0 Å². The first-order valence-corrected chi connectivity index (χ1v) is 5.67. The fourth-order valence-electron chi connectivity index (χ4n) is 1.18. The van der Waals surface area contributed by atoms with Crippen molar-refractivity contribution in [1.82, 2.24) is 4.98 Å². The topological polar surface area (TPSA) is 214 Å². The van der Waals surface area contributed by atoms with Crippen molar-refractivity contribution in [2.24, 2.45) is 0 Å². The zero-order valence-electron chi connectivity index (χ0n) is 12.6. The van der Waals surface area contributed by atoms with Crippen LogP contribution in [0, 0.1) is 0 Å². The molecule has 0 aliphatic carbocycles. The number of pyridine rings is 1. The van der Waals surface area contributed by atoms with E-state index in [0.717, 1.165) is 0 Å². The normalized spacial score (nSPS) is 12.6. The first-order chi connectivity index (χ1) is 10.5. The number of nitrogens with zero attached hydrogens (tertiary/aromatic N) is 1. The summed E-state index contributed by atoms with van der Waals surface area (Å²) in [6.07, 6.45) is -3.12. The Morgan fingerprint density at radius 3 is 1.84 bits per heavy atom. The number of rotatable bonds is 6. The summed E-state index contributed by atoms with van der Waals surface area (Å²) in [6, 6.07) is 4.62. The number of carboxylic acid groups (broad SMARTS) is 4. The average Bonchev–Trinajstić information content (AvgIpc) is 2.46. The molecule has 1 rings (SSSR count). The molecule has 0 fully saturated rings. The fourth-order valence-corrected chi connectivity index (χ4v) is 1.18. The molecule has 0 spiro atoms. The Labute approximate surface area is 165 Å². The van der Waals surface area contributed by atoms with Gasteiger partial charge in [-0.15, -0.1) is 0 Å². The summed E-state index contributed by atoms with van der Waals surface area (Å²) in [7, 11) is 0. The van der Waals surface area contributed by atoms with Crippen molar-refractivity contribution < 1.29 is 88.8 Å². The number of aliphatic carboxylic acids is 3. The number of hydrogen-bond donors (Lipinski definition) is 2. The minimum absolute atomic E-state index is 0. The number of aromatic nitrogens is 1. The van der Waals surface area contributed by atoms with E-state index in [9.17, 15) is 39.6 Å². The Morgan fingerprint density at radius 2 is 1.60 bits per heavy atom. The van der Waals surface area contributed by atoms with Crippen LogP contribution in [0.4, 0.5) is 0 Å². The van der Waals surface area contributed by atoms with Gasteiger partial charge in [-0.25, -0.2) is 0 Å². The van der Waals surface area contributed by atoms with E-state index in [1.165, 1.54) is 12.3 Å². The first-order valence-electron chi connectivity index (χ1n) is 5.67. The molecule has 0 saturated heterocycles. The molecular weight excluding hydrogens is 449 g/mol. The van der Waals surface area contributed by atoms with Gasteiger partial charge < -0.3 is 49.8 Å². The number of aromatic carboxylic acids is 1. The van der Waals surface area contributed by atoms with Gasteiger partial charge in [0.1, 0.15) is 11.7 Å². The van der Waals surface area contributed by atoms with Gasteiger partial charge in [-0.05, 0) is 12.1 Å². The molecule has 126 valence electrons. The fraction of sp³-hybridized carbons (Fsp3) is 0.250. The summed E-state index contributed by atoms with van der Waals surface area (Å²) in [5.41, 5.74) is -3.49. The van der Waals surface area contributed by atoms with Crippen LogP contribution in [-0.4, -0.2) is 50.8 Å². The third-order valence-corrected chi connectivity index (χ3v) is 2.32. The van der Waals surface area contributed by atoms with Crippen LogP contribution in [0.1, 0.15) is 16.9 Å². The summed E-state index contributed by atoms with van der Waals surface area (Å²) in [6.45, 7) is 0. The van der Waals surface area contributed by atoms with Gasteiger partial charge >= 0.3 is 39.0 Å². The van der Waals surface area contributed by atoms with E-state index in [4.69, 9.17) is 10.2 Å². The van der Waals surface area contributed by atoms with Gasteiger partial charge in [0.2, 0.25) is 0 Å². The van der Waals surface area contributed by atoms with Crippen molar-refractivity contribution in [3.8, 4) is 0 Å². The van der Waals surface area contributed by atoms with E-state index in [-0.39, 0.29) is 44.6 Å². The molecule has 1 aromatic heterocycles. The quantitative estimate of drug-likeness (QED) is 0.382. The Hall–Kier alpha value is -1.80. The maximum Gasteiger partial charge on any atom is 2.00 e. The molecule has 2 atom stereocenters. The maximum atomic E-state index is 10.2. The van der Waals surface area contributed by atoms with Gasteiger partial charge in [0.25, 0.3) is 0 Å². The van der Waals surface area contributed by atoms with E-state index in [1.54, 1.807) is 12.1 Å². The largest absolute Gasteiger partial charge is 2.00 e. The number of carbonyl (C=O) groups is 4. The van der Waals surface area contributed by atoms with E-state index >= 15 is 0 Å². The summed E-state index contributed by atoms with van der Waals surface area (Å²) < 4.78 is 0. The van der Waals surface area contributed by atoms with Crippen LogP contribution in [-0.2, 0) is 53.3 Å². The zero-order chi connectivity index (χ0) is 18.2. The average molecular weight is 458 g/mol. The number of carboxylic acids is 4. The van der Waals surface area contributed by atoms with E-state index in [2.05, 4.69) is 4.98 Å². The monoisotopic (exact) mass is 455 g/mol. The van der Waals surface area contributed by atoms with Crippen molar-refractivity contribution in [2.45, 2.75) is 18.1 Å². The second-order valence-corrected chi connectivity index (χ2v) is 3.98. The van der Waals surface area contributed by atoms with Crippen molar-refractivity contribution in [3.63, 3.8) is 0 Å². The number of aliphatic hydroxyl groups is 2. The van der Waals surface area contributed by atoms with Gasteiger partial charge in [-0.3, -0.25) is 4.98 Å². The summed E-state index contributed by atoms with van der Waals surface area (Å²) >= 11 is 0. The van der Waals surface area contributed by atoms with Crippen LogP contribution in [0.15, 0.2) is 24.4 Å². The summed E-state index contributed by atoms with van der Waals surface area (Å²) in [5, 5.41) is 57.8. The molecule has 2 N–H and O–H groups in total. The van der Waals surface area contributed by atoms with Gasteiger partial charge in [0.15, 0.2) is 0 Å². The van der Waals surface area contributed by atoms with Crippen LogP contribution in [0.5, 0.6) is 0 Å². The summed E-state index contributed by atoms with van der Waals surface area (Å²) in [5.74, 6) is -8.08. The number of aliphatic hydroxyl groups excluding tert-OH is 1. The first kappa shape index (κ1) is 28.0. The predicted octanol–water partition coefficient (Wildman–Crippen LogP) is -6.84. The molecule has 0 amide bonds. The zero-order valence-corrected chi connectivity index (χ0v) is 18.5. The van der Waals surface area contributed by atoms with Crippen LogP contribution in [0.3, 0.4) is 0 Å². The van der Waals surface area contributed by atoms with Gasteiger partial charge in [0.05, 0.1) is 23.6 Å². The second-order valence-electron chi connectivity index (χ2n) is 3.98. The molecule has 0 aliphatic rings. The SMILES string of the molecule is O=C([O-])CC(O)(C(=O)[O-])C(O)C(=O)[O-].O=C([O-])c1ccccn1.[Zn+2].[Zn+2]. The van der Waals surface area contributed by atoms with Crippen LogP contribution < -0.4 is 20.4 Å². The Balaban J connectivity index is -0.000000384. The molecule has 0 saturated carbocycles. The molecule has 0 bridgehead atoms. The number of carbonyl (C=O) groups excluding carboxylic acids is 4. The minimum Gasteiger partial charge on any atom is -0.550 e. The molecular formula is C12H9NO10Zn2. The maximum absolute atomic E-state index is 10.2.